The highest BCUT2D eigenvalue weighted by Crippen LogP contribution is 2.28. The monoisotopic (exact) mass is 281 g/mol. The molecular weight excluding hydrogens is 262 g/mol. The number of carboxylic acids is 1. The van der Waals surface area contributed by atoms with Crippen molar-refractivity contribution in [1.82, 2.24) is 5.32 Å². The maximum absolute atomic E-state index is 12.0. The summed E-state index contributed by atoms with van der Waals surface area (Å²) in [5.41, 5.74) is 1.14. The summed E-state index contributed by atoms with van der Waals surface area (Å²) in [6.07, 6.45) is 0. The van der Waals surface area contributed by atoms with Gasteiger partial charge in [-0.2, -0.15) is 0 Å². The molecule has 2 N–H and O–H groups in total. The van der Waals surface area contributed by atoms with Crippen LogP contribution in [0.1, 0.15) is 19.4 Å². The molecule has 104 valence electrons. The maximum Gasteiger partial charge on any atom is 0.322 e. The van der Waals surface area contributed by atoms with E-state index in [0.717, 1.165) is 10.5 Å². The summed E-state index contributed by atoms with van der Waals surface area (Å²) in [5, 5.41) is 10.7. The van der Waals surface area contributed by atoms with Crippen molar-refractivity contribution in [1.29, 1.82) is 0 Å². The van der Waals surface area contributed by atoms with Crippen LogP contribution < -0.4 is 5.32 Å². The summed E-state index contributed by atoms with van der Waals surface area (Å²) >= 11 is 1.47. The number of carboxylic acid groups (broad SMARTS) is 1. The van der Waals surface area contributed by atoms with E-state index in [1.807, 2.05) is 45.0 Å². The van der Waals surface area contributed by atoms with Crippen LogP contribution in [0.25, 0.3) is 0 Å². The minimum absolute atomic E-state index is 0.124. The lowest BCUT2D eigenvalue weighted by atomic mass is 10.1. The fourth-order valence-electron chi connectivity index (χ4n) is 1.59. The molecule has 0 heterocycles. The van der Waals surface area contributed by atoms with Gasteiger partial charge in [-0.25, -0.2) is 0 Å². The molecule has 0 aliphatic carbocycles. The number of nitrogens with one attached hydrogen (secondary N) is 1. The summed E-state index contributed by atoms with van der Waals surface area (Å²) in [5.74, 6) is -1.14. The summed E-state index contributed by atoms with van der Waals surface area (Å²) in [7, 11) is 0. The molecule has 4 nitrogen and oxygen atoms in total. The van der Waals surface area contributed by atoms with Crippen molar-refractivity contribution in [2.75, 3.05) is 6.54 Å². The van der Waals surface area contributed by atoms with Crippen LogP contribution in [-0.2, 0) is 9.59 Å². The van der Waals surface area contributed by atoms with Gasteiger partial charge in [-0.3, -0.25) is 9.59 Å². The number of hydrogen-bond donors (Lipinski definition) is 2. The molecule has 1 aromatic rings. The number of hydrogen-bond acceptors (Lipinski definition) is 3. The third kappa shape index (κ3) is 5.34. The number of aryl methyl sites for hydroxylation is 1. The average molecular weight is 281 g/mol. The van der Waals surface area contributed by atoms with Gasteiger partial charge in [-0.05, 0) is 25.0 Å². The van der Waals surface area contributed by atoms with Crippen LogP contribution in [0.3, 0.4) is 0 Å². The second kappa shape index (κ2) is 7.19. The lowest BCUT2D eigenvalue weighted by Gasteiger charge is -2.19. The molecule has 0 spiro atoms. The van der Waals surface area contributed by atoms with E-state index in [-0.39, 0.29) is 23.6 Å². The first-order valence-corrected chi connectivity index (χ1v) is 7.01. The van der Waals surface area contributed by atoms with Crippen LogP contribution in [0.4, 0.5) is 0 Å². The van der Waals surface area contributed by atoms with Crippen molar-refractivity contribution in [3.8, 4) is 0 Å². The van der Waals surface area contributed by atoms with Gasteiger partial charge in [-0.15, -0.1) is 11.8 Å². The lowest BCUT2D eigenvalue weighted by molar-refractivity contribution is -0.137. The van der Waals surface area contributed by atoms with Crippen molar-refractivity contribution in [3.63, 3.8) is 0 Å². The van der Waals surface area contributed by atoms with E-state index in [1.165, 1.54) is 11.8 Å². The zero-order valence-corrected chi connectivity index (χ0v) is 12.2. The zero-order chi connectivity index (χ0) is 14.4. The van der Waals surface area contributed by atoms with Gasteiger partial charge in [0.1, 0.15) is 6.54 Å². The topological polar surface area (TPSA) is 66.4 Å². The van der Waals surface area contributed by atoms with Gasteiger partial charge in [0.05, 0.1) is 5.25 Å². The Labute approximate surface area is 117 Å². The van der Waals surface area contributed by atoms with Gasteiger partial charge in [0.25, 0.3) is 0 Å². The molecule has 0 aliphatic rings. The highest BCUT2D eigenvalue weighted by molar-refractivity contribution is 8.00. The third-order valence-corrected chi connectivity index (χ3v) is 4.07. The molecule has 0 fully saturated rings. The normalized spacial score (nSPS) is 12.2. The molecule has 0 saturated heterocycles. The first-order chi connectivity index (χ1) is 8.90. The highest BCUT2D eigenvalue weighted by atomic mass is 32.2. The number of rotatable bonds is 6. The van der Waals surface area contributed by atoms with E-state index in [4.69, 9.17) is 5.11 Å². The molecule has 5 heteroatoms. The van der Waals surface area contributed by atoms with Gasteiger partial charge in [0.15, 0.2) is 0 Å². The summed E-state index contributed by atoms with van der Waals surface area (Å²) in [4.78, 5) is 23.5. The van der Waals surface area contributed by atoms with Crippen molar-refractivity contribution in [3.05, 3.63) is 29.8 Å². The third-order valence-electron chi connectivity index (χ3n) is 2.53. The van der Waals surface area contributed by atoms with Crippen LogP contribution in [-0.4, -0.2) is 28.8 Å². The fourth-order valence-corrected chi connectivity index (χ4v) is 2.76. The molecule has 1 unspecified atom stereocenters. The Morgan fingerprint density at radius 2 is 2.05 bits per heavy atom. The Morgan fingerprint density at radius 3 is 2.58 bits per heavy atom. The van der Waals surface area contributed by atoms with E-state index in [2.05, 4.69) is 5.32 Å². The van der Waals surface area contributed by atoms with Crippen molar-refractivity contribution >= 4 is 23.6 Å². The fraction of sp³-hybridized carbons (Fsp3) is 0.429. The van der Waals surface area contributed by atoms with Crippen molar-refractivity contribution < 1.29 is 14.7 Å². The maximum atomic E-state index is 12.0. The molecule has 0 aliphatic heterocycles. The number of carbonyl (C=O) groups is 2. The van der Waals surface area contributed by atoms with Crippen LogP contribution in [0, 0.1) is 12.8 Å². The second-order valence-electron chi connectivity index (χ2n) is 4.71. The molecule has 0 saturated carbocycles. The van der Waals surface area contributed by atoms with Crippen LogP contribution in [0.2, 0.25) is 0 Å². The summed E-state index contributed by atoms with van der Waals surface area (Å²) in [6, 6.07) is 7.92. The molecule has 0 radical (unpaired) electrons. The summed E-state index contributed by atoms with van der Waals surface area (Å²) in [6.45, 7) is 5.57. The molecule has 0 aromatic heterocycles. The predicted octanol–water partition coefficient (Wildman–Crippen LogP) is 2.31. The first kappa shape index (κ1) is 15.6. The Morgan fingerprint density at radius 1 is 1.37 bits per heavy atom. The number of carbonyl (C=O) groups excluding carboxylic acids is 1. The molecule has 1 aromatic carbocycles. The van der Waals surface area contributed by atoms with Gasteiger partial charge in [-0.1, -0.05) is 31.5 Å². The Balaban J connectivity index is 2.72. The van der Waals surface area contributed by atoms with Gasteiger partial charge < -0.3 is 10.4 Å². The van der Waals surface area contributed by atoms with Gasteiger partial charge >= 0.3 is 5.97 Å². The van der Waals surface area contributed by atoms with Gasteiger partial charge in [0.2, 0.25) is 5.91 Å². The molecule has 1 rings (SSSR count). The minimum atomic E-state index is -1.03. The molecule has 0 bridgehead atoms. The smallest absolute Gasteiger partial charge is 0.322 e. The van der Waals surface area contributed by atoms with Crippen molar-refractivity contribution in [2.45, 2.75) is 30.9 Å². The average Bonchev–Trinajstić information content (AvgIpc) is 2.32. The zero-order valence-electron chi connectivity index (χ0n) is 11.3. The number of thioether (sulfide) groups is 1. The SMILES string of the molecule is Cc1cccc(SC(C(=O)NCC(=O)O)C(C)C)c1. The van der Waals surface area contributed by atoms with Crippen LogP contribution in [0.15, 0.2) is 29.2 Å². The van der Waals surface area contributed by atoms with Crippen molar-refractivity contribution in [2.24, 2.45) is 5.92 Å². The molecule has 19 heavy (non-hydrogen) atoms. The standard InChI is InChI=1S/C14H19NO3S/c1-9(2)13(14(18)15-8-12(16)17)19-11-6-4-5-10(3)7-11/h4-7,9,13H,8H2,1-3H3,(H,15,18)(H,16,17). The van der Waals surface area contributed by atoms with E-state index in [0.29, 0.717) is 0 Å². The molecule has 1 atom stereocenters. The van der Waals surface area contributed by atoms with E-state index in [9.17, 15) is 9.59 Å². The van der Waals surface area contributed by atoms with Crippen LogP contribution >= 0.6 is 11.8 Å². The first-order valence-electron chi connectivity index (χ1n) is 6.13. The number of benzene rings is 1. The Bertz CT molecular complexity index is 460. The second-order valence-corrected chi connectivity index (χ2v) is 5.93. The minimum Gasteiger partial charge on any atom is -0.480 e. The van der Waals surface area contributed by atoms with E-state index in [1.54, 1.807) is 0 Å². The Kier molecular flexibility index (Phi) is 5.89. The van der Waals surface area contributed by atoms with E-state index < -0.39 is 5.97 Å². The molecule has 1 amide bonds. The number of amides is 1. The summed E-state index contributed by atoms with van der Waals surface area (Å²) < 4.78 is 0. The molecular formula is C14H19NO3S. The predicted molar refractivity (Wildman–Crippen MR) is 76.3 cm³/mol. The highest BCUT2D eigenvalue weighted by Gasteiger charge is 2.23. The Hall–Kier alpha value is -1.49. The lowest BCUT2D eigenvalue weighted by Crippen LogP contribution is -2.38. The number of aliphatic carboxylic acids is 1. The van der Waals surface area contributed by atoms with Crippen LogP contribution in [0.5, 0.6) is 0 Å². The van der Waals surface area contributed by atoms with E-state index >= 15 is 0 Å². The largest absolute Gasteiger partial charge is 0.480 e. The quantitative estimate of drug-likeness (QED) is 0.785. The van der Waals surface area contributed by atoms with Gasteiger partial charge in [0, 0.05) is 4.90 Å².